The number of para-hydroxylation sites is 1. The summed E-state index contributed by atoms with van der Waals surface area (Å²) in [7, 11) is 1.63. The molecule has 1 saturated heterocycles. The molecule has 1 N–H and O–H groups in total. The normalized spacial score (nSPS) is 15.3. The van der Waals surface area contributed by atoms with E-state index in [9.17, 15) is 9.90 Å². The van der Waals surface area contributed by atoms with Crippen molar-refractivity contribution in [3.63, 3.8) is 0 Å². The smallest absolute Gasteiger partial charge is 0.227 e. The lowest BCUT2D eigenvalue weighted by Gasteiger charge is -2.32. The molecule has 0 aliphatic carbocycles. The van der Waals surface area contributed by atoms with E-state index in [-0.39, 0.29) is 5.91 Å². The molecule has 0 unspecified atom stereocenters. The van der Waals surface area contributed by atoms with Crippen molar-refractivity contribution in [2.24, 2.45) is 0 Å². The maximum absolute atomic E-state index is 12.6. The van der Waals surface area contributed by atoms with E-state index in [2.05, 4.69) is 0 Å². The third kappa shape index (κ3) is 3.70. The summed E-state index contributed by atoms with van der Waals surface area (Å²) in [5, 5.41) is 9.39. The van der Waals surface area contributed by atoms with Crippen LogP contribution in [-0.4, -0.2) is 36.1 Å². The van der Waals surface area contributed by atoms with Crippen molar-refractivity contribution >= 4 is 5.91 Å². The number of methoxy groups -OCH3 is 1. The zero-order valence-corrected chi connectivity index (χ0v) is 13.9. The quantitative estimate of drug-likeness (QED) is 0.938. The number of ether oxygens (including phenoxy) is 1. The summed E-state index contributed by atoms with van der Waals surface area (Å²) in [6, 6.07) is 15.1. The minimum atomic E-state index is 0.156. The van der Waals surface area contributed by atoms with E-state index in [1.165, 1.54) is 5.56 Å². The first-order valence-corrected chi connectivity index (χ1v) is 8.36. The van der Waals surface area contributed by atoms with Gasteiger partial charge in [0, 0.05) is 18.7 Å². The number of benzene rings is 2. The van der Waals surface area contributed by atoms with Gasteiger partial charge in [0.05, 0.1) is 13.5 Å². The number of amides is 1. The number of carbonyl (C=O) groups excluding carboxylic acids is 1. The van der Waals surface area contributed by atoms with E-state index >= 15 is 0 Å². The fourth-order valence-corrected chi connectivity index (χ4v) is 3.33. The first kappa shape index (κ1) is 16.4. The summed E-state index contributed by atoms with van der Waals surface area (Å²) < 4.78 is 5.33. The van der Waals surface area contributed by atoms with Gasteiger partial charge in [0.25, 0.3) is 0 Å². The van der Waals surface area contributed by atoms with Crippen molar-refractivity contribution in [2.45, 2.75) is 25.2 Å². The number of carbonyl (C=O) groups is 1. The van der Waals surface area contributed by atoms with Crippen molar-refractivity contribution < 1.29 is 14.6 Å². The predicted molar refractivity (Wildman–Crippen MR) is 93.4 cm³/mol. The van der Waals surface area contributed by atoms with Gasteiger partial charge in [0.15, 0.2) is 0 Å². The van der Waals surface area contributed by atoms with Crippen LogP contribution in [0.4, 0.5) is 0 Å². The lowest BCUT2D eigenvalue weighted by Crippen LogP contribution is -2.38. The molecule has 0 radical (unpaired) electrons. The molecule has 1 heterocycles. The lowest BCUT2D eigenvalue weighted by molar-refractivity contribution is -0.131. The lowest BCUT2D eigenvalue weighted by atomic mass is 9.89. The Morgan fingerprint density at radius 3 is 2.46 bits per heavy atom. The second-order valence-corrected chi connectivity index (χ2v) is 6.24. The fourth-order valence-electron chi connectivity index (χ4n) is 3.33. The number of piperidine rings is 1. The molecule has 1 aliphatic heterocycles. The molecule has 0 atom stereocenters. The predicted octanol–water partition coefficient (Wildman–Crippen LogP) is 3.35. The van der Waals surface area contributed by atoms with Crippen LogP contribution < -0.4 is 4.74 Å². The highest BCUT2D eigenvalue weighted by molar-refractivity contribution is 5.79. The number of hydrogen-bond acceptors (Lipinski definition) is 3. The Hall–Kier alpha value is -2.49. The van der Waals surface area contributed by atoms with Crippen LogP contribution in [0.1, 0.15) is 29.9 Å². The van der Waals surface area contributed by atoms with Crippen LogP contribution in [0.3, 0.4) is 0 Å². The van der Waals surface area contributed by atoms with E-state index in [1.807, 2.05) is 41.3 Å². The van der Waals surface area contributed by atoms with Gasteiger partial charge < -0.3 is 14.7 Å². The summed E-state index contributed by atoms with van der Waals surface area (Å²) in [6.07, 6.45) is 2.30. The first-order chi connectivity index (χ1) is 11.7. The number of hydrogen-bond donors (Lipinski definition) is 1. The van der Waals surface area contributed by atoms with Gasteiger partial charge in [-0.2, -0.15) is 0 Å². The Labute approximate surface area is 142 Å². The van der Waals surface area contributed by atoms with E-state index in [0.29, 0.717) is 18.1 Å². The minimum absolute atomic E-state index is 0.156. The third-order valence-electron chi connectivity index (χ3n) is 4.75. The summed E-state index contributed by atoms with van der Waals surface area (Å²) >= 11 is 0. The maximum atomic E-state index is 12.6. The van der Waals surface area contributed by atoms with Crippen molar-refractivity contribution in [1.82, 2.24) is 4.90 Å². The topological polar surface area (TPSA) is 49.8 Å². The summed E-state index contributed by atoms with van der Waals surface area (Å²) in [5.74, 6) is 1.68. The molecule has 2 aromatic rings. The van der Waals surface area contributed by atoms with Crippen LogP contribution in [0.15, 0.2) is 48.5 Å². The van der Waals surface area contributed by atoms with E-state index in [1.54, 1.807) is 19.2 Å². The molecule has 4 nitrogen and oxygen atoms in total. The van der Waals surface area contributed by atoms with Gasteiger partial charge in [-0.05, 0) is 42.5 Å². The number of likely N-dealkylation sites (tertiary alicyclic amines) is 1. The van der Waals surface area contributed by atoms with Gasteiger partial charge in [0.1, 0.15) is 11.5 Å². The van der Waals surface area contributed by atoms with Crippen LogP contribution in [0, 0.1) is 0 Å². The number of phenolic OH excluding ortho intramolecular Hbond substituents is 1. The number of aromatic hydroxyl groups is 1. The summed E-state index contributed by atoms with van der Waals surface area (Å²) in [4.78, 5) is 14.5. The second kappa shape index (κ2) is 7.39. The third-order valence-corrected chi connectivity index (χ3v) is 4.75. The Bertz CT molecular complexity index is 688. The van der Waals surface area contributed by atoms with Crippen LogP contribution in [0.5, 0.6) is 11.5 Å². The van der Waals surface area contributed by atoms with Crippen LogP contribution >= 0.6 is 0 Å². The molecule has 3 rings (SSSR count). The van der Waals surface area contributed by atoms with Gasteiger partial charge >= 0.3 is 0 Å². The number of rotatable bonds is 4. The molecular formula is C20H23NO3. The van der Waals surface area contributed by atoms with E-state index in [4.69, 9.17) is 4.74 Å². The molecule has 0 bridgehead atoms. The van der Waals surface area contributed by atoms with Gasteiger partial charge in [-0.15, -0.1) is 0 Å². The Kier molecular flexibility index (Phi) is 5.04. The molecule has 0 saturated carbocycles. The fraction of sp³-hybridized carbons (Fsp3) is 0.350. The molecule has 1 aliphatic rings. The monoisotopic (exact) mass is 325 g/mol. The molecule has 24 heavy (non-hydrogen) atoms. The van der Waals surface area contributed by atoms with Crippen molar-refractivity contribution in [3.8, 4) is 11.5 Å². The maximum Gasteiger partial charge on any atom is 0.227 e. The molecule has 0 aromatic heterocycles. The zero-order chi connectivity index (χ0) is 16.9. The number of phenols is 1. The molecule has 126 valence electrons. The molecular weight excluding hydrogens is 302 g/mol. The molecule has 1 amide bonds. The first-order valence-electron chi connectivity index (χ1n) is 8.36. The van der Waals surface area contributed by atoms with Crippen molar-refractivity contribution in [3.05, 3.63) is 59.7 Å². The van der Waals surface area contributed by atoms with E-state index in [0.717, 1.165) is 37.2 Å². The highest BCUT2D eigenvalue weighted by atomic mass is 16.5. The summed E-state index contributed by atoms with van der Waals surface area (Å²) in [5.41, 5.74) is 2.18. The van der Waals surface area contributed by atoms with Crippen molar-refractivity contribution in [1.29, 1.82) is 0 Å². The highest BCUT2D eigenvalue weighted by Crippen LogP contribution is 2.29. The minimum Gasteiger partial charge on any atom is -0.508 e. The molecule has 4 heteroatoms. The molecule has 2 aromatic carbocycles. The SMILES string of the molecule is COc1ccccc1CC(=O)N1CCC(c2ccc(O)cc2)CC1. The van der Waals surface area contributed by atoms with Crippen LogP contribution in [0.2, 0.25) is 0 Å². The van der Waals surface area contributed by atoms with Gasteiger partial charge in [-0.1, -0.05) is 30.3 Å². The van der Waals surface area contributed by atoms with Gasteiger partial charge in [-0.3, -0.25) is 4.79 Å². The van der Waals surface area contributed by atoms with Crippen LogP contribution in [0.25, 0.3) is 0 Å². The van der Waals surface area contributed by atoms with Gasteiger partial charge in [0.2, 0.25) is 5.91 Å². The van der Waals surface area contributed by atoms with E-state index < -0.39 is 0 Å². The Balaban J connectivity index is 1.58. The summed E-state index contributed by atoms with van der Waals surface area (Å²) in [6.45, 7) is 1.55. The van der Waals surface area contributed by atoms with Crippen LogP contribution in [-0.2, 0) is 11.2 Å². The zero-order valence-electron chi connectivity index (χ0n) is 13.9. The number of nitrogens with zero attached hydrogens (tertiary/aromatic N) is 1. The highest BCUT2D eigenvalue weighted by Gasteiger charge is 2.24. The largest absolute Gasteiger partial charge is 0.508 e. The standard InChI is InChI=1S/C20H23NO3/c1-24-19-5-3-2-4-17(19)14-20(23)21-12-10-16(11-13-21)15-6-8-18(22)9-7-15/h2-9,16,22H,10-14H2,1H3. The average Bonchev–Trinajstić information content (AvgIpc) is 2.63. The second-order valence-electron chi connectivity index (χ2n) is 6.24. The Morgan fingerprint density at radius 2 is 1.79 bits per heavy atom. The average molecular weight is 325 g/mol. The van der Waals surface area contributed by atoms with Gasteiger partial charge in [-0.25, -0.2) is 0 Å². The Morgan fingerprint density at radius 1 is 1.12 bits per heavy atom. The molecule has 1 fully saturated rings. The van der Waals surface area contributed by atoms with Crippen molar-refractivity contribution in [2.75, 3.05) is 20.2 Å². The molecule has 0 spiro atoms.